The largest absolute Gasteiger partial charge is 0.483 e. The molecule has 0 spiro atoms. The Morgan fingerprint density at radius 1 is 1.03 bits per heavy atom. The van der Waals surface area contributed by atoms with E-state index in [-0.39, 0.29) is 35.8 Å². The fraction of sp³-hybridized carbons (Fsp3) is 0.640. The van der Waals surface area contributed by atoms with Crippen molar-refractivity contribution in [3.8, 4) is 0 Å². The molecule has 5 saturated heterocycles. The molecule has 9 nitrogen and oxygen atoms in total. The molecule has 2 N–H and O–H groups in total. The highest BCUT2D eigenvalue weighted by Crippen LogP contribution is 2.43. The highest BCUT2D eigenvalue weighted by Gasteiger charge is 2.55. The summed E-state index contributed by atoms with van der Waals surface area (Å²) in [5.41, 5.74) is 1.31. The molecule has 4 bridgehead atoms. The third kappa shape index (κ3) is 4.77. The van der Waals surface area contributed by atoms with Crippen LogP contribution in [-0.4, -0.2) is 116 Å². The summed E-state index contributed by atoms with van der Waals surface area (Å²) >= 11 is 0. The first-order valence-electron chi connectivity index (χ1n) is 12.2. The molecule has 9 heteroatoms. The highest BCUT2D eigenvalue weighted by atomic mass is 16.3. The molecule has 0 aromatic heterocycles. The van der Waals surface area contributed by atoms with E-state index in [0.717, 1.165) is 52.1 Å². The lowest BCUT2D eigenvalue weighted by Gasteiger charge is -2.56. The Kier molecular flexibility index (Phi) is 7.42. The van der Waals surface area contributed by atoms with Gasteiger partial charge in [-0.25, -0.2) is 4.79 Å². The number of carboxylic acid groups (broad SMARTS) is 1. The van der Waals surface area contributed by atoms with Gasteiger partial charge in [0.25, 0.3) is 6.47 Å². The molecule has 1 aromatic rings. The van der Waals surface area contributed by atoms with Gasteiger partial charge in [0.2, 0.25) is 5.91 Å². The SMILES string of the molecule is CN(C)C(=O)N1CCC(C(=O)NC2C3CN4CCN(C3)CC2(c2ccccc2)C4)CC1.O=CO. The van der Waals surface area contributed by atoms with Crippen molar-refractivity contribution in [2.24, 2.45) is 11.8 Å². The van der Waals surface area contributed by atoms with Crippen molar-refractivity contribution in [1.29, 1.82) is 0 Å². The van der Waals surface area contributed by atoms with E-state index in [1.54, 1.807) is 19.0 Å². The maximum atomic E-state index is 13.4. The van der Waals surface area contributed by atoms with Crippen LogP contribution < -0.4 is 5.32 Å². The molecule has 186 valence electrons. The van der Waals surface area contributed by atoms with Gasteiger partial charge in [0.1, 0.15) is 0 Å². The van der Waals surface area contributed by atoms with Crippen molar-refractivity contribution in [2.75, 3.05) is 66.5 Å². The average molecular weight is 472 g/mol. The van der Waals surface area contributed by atoms with Crippen LogP contribution in [0.3, 0.4) is 0 Å². The summed E-state index contributed by atoms with van der Waals surface area (Å²) in [5, 5.41) is 10.4. The van der Waals surface area contributed by atoms with E-state index >= 15 is 0 Å². The fourth-order valence-corrected chi connectivity index (χ4v) is 6.46. The molecule has 5 fully saturated rings. The number of nitrogens with one attached hydrogen (secondary N) is 1. The van der Waals surface area contributed by atoms with Gasteiger partial charge in [-0.05, 0) is 18.4 Å². The first kappa shape index (κ1) is 24.5. The molecular formula is C25H37N5O4. The number of benzene rings is 1. The first-order chi connectivity index (χ1) is 16.4. The number of urea groups is 1. The molecule has 3 atom stereocenters. The molecule has 0 saturated carbocycles. The molecule has 3 unspecified atom stereocenters. The average Bonchev–Trinajstić information content (AvgIpc) is 3.10. The second-order valence-electron chi connectivity index (χ2n) is 10.3. The van der Waals surface area contributed by atoms with E-state index in [2.05, 4.69) is 45.4 Å². The van der Waals surface area contributed by atoms with Crippen LogP contribution in [0.1, 0.15) is 18.4 Å². The smallest absolute Gasteiger partial charge is 0.319 e. The maximum absolute atomic E-state index is 13.4. The van der Waals surface area contributed by atoms with E-state index in [0.29, 0.717) is 19.0 Å². The fourth-order valence-electron chi connectivity index (χ4n) is 6.46. The lowest BCUT2D eigenvalue weighted by Crippen LogP contribution is -2.71. The van der Waals surface area contributed by atoms with Crippen molar-refractivity contribution in [1.82, 2.24) is 24.9 Å². The van der Waals surface area contributed by atoms with E-state index in [1.165, 1.54) is 5.56 Å². The van der Waals surface area contributed by atoms with Crippen LogP contribution in [-0.2, 0) is 15.0 Å². The van der Waals surface area contributed by atoms with Gasteiger partial charge in [-0.15, -0.1) is 0 Å². The molecule has 5 heterocycles. The molecule has 0 aliphatic carbocycles. The number of carbonyl (C=O) groups excluding carboxylic acids is 2. The van der Waals surface area contributed by atoms with Crippen LogP contribution >= 0.6 is 0 Å². The summed E-state index contributed by atoms with van der Waals surface area (Å²) in [4.78, 5) is 42.7. The van der Waals surface area contributed by atoms with Gasteiger partial charge in [0, 0.05) is 89.7 Å². The number of carbonyl (C=O) groups is 3. The minimum Gasteiger partial charge on any atom is -0.483 e. The third-order valence-corrected chi connectivity index (χ3v) is 7.96. The second kappa shape index (κ2) is 10.3. The monoisotopic (exact) mass is 471 g/mol. The number of nitrogens with zero attached hydrogens (tertiary/aromatic N) is 4. The Labute approximate surface area is 201 Å². The quantitative estimate of drug-likeness (QED) is 0.632. The lowest BCUT2D eigenvalue weighted by molar-refractivity contribution is -0.129. The molecular weight excluding hydrogens is 434 g/mol. The Bertz CT molecular complexity index is 855. The molecule has 5 aliphatic heterocycles. The first-order valence-corrected chi connectivity index (χ1v) is 12.2. The lowest BCUT2D eigenvalue weighted by atomic mass is 9.64. The van der Waals surface area contributed by atoms with Gasteiger partial charge in [0.15, 0.2) is 0 Å². The zero-order chi connectivity index (χ0) is 24.3. The number of piperidine rings is 3. The van der Waals surface area contributed by atoms with Crippen molar-refractivity contribution in [3.63, 3.8) is 0 Å². The number of amides is 3. The summed E-state index contributed by atoms with van der Waals surface area (Å²) in [6.45, 7) is 7.52. The maximum Gasteiger partial charge on any atom is 0.319 e. The number of fused-ring (bicyclic) bond motifs is 1. The summed E-state index contributed by atoms with van der Waals surface area (Å²) in [6, 6.07) is 11.1. The second-order valence-corrected chi connectivity index (χ2v) is 10.3. The summed E-state index contributed by atoms with van der Waals surface area (Å²) in [5.74, 6) is 0.650. The van der Waals surface area contributed by atoms with Crippen LogP contribution in [0, 0.1) is 11.8 Å². The van der Waals surface area contributed by atoms with Crippen LogP contribution in [0.2, 0.25) is 0 Å². The van der Waals surface area contributed by atoms with E-state index in [9.17, 15) is 9.59 Å². The topological polar surface area (TPSA) is 96.4 Å². The van der Waals surface area contributed by atoms with Gasteiger partial charge < -0.3 is 30.0 Å². The number of hydrogen-bond donors (Lipinski definition) is 2. The number of likely N-dealkylation sites (tertiary alicyclic amines) is 1. The van der Waals surface area contributed by atoms with Gasteiger partial charge in [-0.3, -0.25) is 9.59 Å². The van der Waals surface area contributed by atoms with Gasteiger partial charge >= 0.3 is 6.03 Å². The predicted octanol–water partition coefficient (Wildman–Crippen LogP) is 0.765. The molecule has 3 amide bonds. The molecule has 5 aliphatic rings. The predicted molar refractivity (Wildman–Crippen MR) is 128 cm³/mol. The standard InChI is InChI=1S/C24H35N5O2.CH2O2/c1-26(2)23(31)29-10-8-18(9-11-29)22(30)25-21-19-14-27-12-13-28(15-19)17-24(21,16-27)20-6-4-3-5-7-20;2-1-3/h3-7,18-19,21H,8-17H2,1-2H3,(H,25,30);1H,(H,2,3). The van der Waals surface area contributed by atoms with Crippen LogP contribution in [0.15, 0.2) is 30.3 Å². The van der Waals surface area contributed by atoms with Crippen molar-refractivity contribution >= 4 is 18.4 Å². The molecule has 34 heavy (non-hydrogen) atoms. The normalized spacial score (nSPS) is 32.2. The van der Waals surface area contributed by atoms with E-state index in [1.807, 2.05) is 4.90 Å². The van der Waals surface area contributed by atoms with Crippen LogP contribution in [0.25, 0.3) is 0 Å². The Morgan fingerprint density at radius 2 is 1.59 bits per heavy atom. The Hall–Kier alpha value is -2.65. The van der Waals surface area contributed by atoms with Gasteiger partial charge in [-0.1, -0.05) is 30.3 Å². The van der Waals surface area contributed by atoms with Crippen LogP contribution in [0.4, 0.5) is 4.79 Å². The van der Waals surface area contributed by atoms with Crippen molar-refractivity contribution < 1.29 is 19.5 Å². The number of hydrogen-bond acceptors (Lipinski definition) is 5. The molecule has 0 radical (unpaired) electrons. The Balaban J connectivity index is 0.000000868. The zero-order valence-electron chi connectivity index (χ0n) is 20.2. The van der Waals surface area contributed by atoms with Gasteiger partial charge in [0.05, 0.1) is 0 Å². The van der Waals surface area contributed by atoms with Crippen molar-refractivity contribution in [2.45, 2.75) is 24.3 Å². The third-order valence-electron chi connectivity index (χ3n) is 7.96. The summed E-state index contributed by atoms with van der Waals surface area (Å²) < 4.78 is 0. The Morgan fingerprint density at radius 3 is 2.12 bits per heavy atom. The zero-order valence-corrected chi connectivity index (χ0v) is 20.2. The van der Waals surface area contributed by atoms with Gasteiger partial charge in [-0.2, -0.15) is 0 Å². The summed E-state index contributed by atoms with van der Waals surface area (Å²) in [7, 11) is 3.57. The van der Waals surface area contributed by atoms with E-state index < -0.39 is 0 Å². The van der Waals surface area contributed by atoms with Crippen molar-refractivity contribution in [3.05, 3.63) is 35.9 Å². The molecule has 6 rings (SSSR count). The number of rotatable bonds is 3. The summed E-state index contributed by atoms with van der Waals surface area (Å²) in [6.07, 6.45) is 1.50. The molecule has 1 aromatic carbocycles. The van der Waals surface area contributed by atoms with Crippen LogP contribution in [0.5, 0.6) is 0 Å². The minimum absolute atomic E-state index is 0.000905. The highest BCUT2D eigenvalue weighted by molar-refractivity contribution is 5.80. The minimum atomic E-state index is -0.250. The van der Waals surface area contributed by atoms with E-state index in [4.69, 9.17) is 9.90 Å².